The van der Waals surface area contributed by atoms with Crippen molar-refractivity contribution in [2.24, 2.45) is 0 Å². The summed E-state index contributed by atoms with van der Waals surface area (Å²) in [6, 6.07) is 3.99. The van der Waals surface area contributed by atoms with Crippen molar-refractivity contribution in [1.82, 2.24) is 19.7 Å². The second-order valence-corrected chi connectivity index (χ2v) is 7.99. The number of amides is 1. The van der Waals surface area contributed by atoms with Crippen molar-refractivity contribution in [2.75, 3.05) is 23.7 Å². The molecule has 174 valence electrons. The van der Waals surface area contributed by atoms with E-state index in [2.05, 4.69) is 30.3 Å². The van der Waals surface area contributed by atoms with E-state index in [4.69, 9.17) is 4.74 Å². The van der Waals surface area contributed by atoms with Gasteiger partial charge in [-0.25, -0.2) is 14.4 Å². The van der Waals surface area contributed by atoms with Crippen LogP contribution in [-0.4, -0.2) is 39.4 Å². The Balaban J connectivity index is 1.50. The van der Waals surface area contributed by atoms with E-state index in [9.17, 15) is 22.4 Å². The van der Waals surface area contributed by atoms with Gasteiger partial charge in [0.25, 0.3) is 5.91 Å². The monoisotopic (exact) mass is 482 g/mol. The number of carbonyl (C=O) groups is 1. The van der Waals surface area contributed by atoms with Gasteiger partial charge in [0, 0.05) is 18.3 Å². The fourth-order valence-corrected chi connectivity index (χ4v) is 3.95. The lowest BCUT2D eigenvalue weighted by Crippen LogP contribution is -2.20. The minimum atomic E-state index is -4.61. The summed E-state index contributed by atoms with van der Waals surface area (Å²) in [5.74, 6) is -1.04. The fourth-order valence-electron chi connectivity index (χ4n) is 3.15. The SMILES string of the molecule is Cc1nsc(Nc2cnc(C(F)(F)F)cn2)c1C(=O)Nc1ccc(F)c(OC2CCNC2)c1. The number of halogens is 4. The summed E-state index contributed by atoms with van der Waals surface area (Å²) in [5, 5.41) is 8.84. The number of nitrogens with one attached hydrogen (secondary N) is 3. The van der Waals surface area contributed by atoms with Gasteiger partial charge < -0.3 is 20.7 Å². The zero-order valence-corrected chi connectivity index (χ0v) is 18.0. The van der Waals surface area contributed by atoms with Crippen LogP contribution in [0.25, 0.3) is 0 Å². The van der Waals surface area contributed by atoms with E-state index >= 15 is 0 Å². The van der Waals surface area contributed by atoms with Crippen LogP contribution < -0.4 is 20.7 Å². The van der Waals surface area contributed by atoms with Gasteiger partial charge >= 0.3 is 6.18 Å². The Morgan fingerprint density at radius 3 is 2.76 bits per heavy atom. The van der Waals surface area contributed by atoms with Crippen LogP contribution in [0.15, 0.2) is 30.6 Å². The van der Waals surface area contributed by atoms with Gasteiger partial charge in [-0.15, -0.1) is 0 Å². The van der Waals surface area contributed by atoms with Crippen LogP contribution >= 0.6 is 11.5 Å². The van der Waals surface area contributed by atoms with Crippen molar-refractivity contribution in [3.05, 3.63) is 53.4 Å². The number of hydrogen-bond acceptors (Lipinski definition) is 8. The minimum Gasteiger partial charge on any atom is -0.486 e. The molecule has 0 saturated carbocycles. The van der Waals surface area contributed by atoms with Crippen LogP contribution in [-0.2, 0) is 6.18 Å². The molecule has 3 N–H and O–H groups in total. The number of carbonyl (C=O) groups excluding carboxylic acids is 1. The molecule has 4 rings (SSSR count). The summed E-state index contributed by atoms with van der Waals surface area (Å²) >= 11 is 0.943. The smallest absolute Gasteiger partial charge is 0.434 e. The highest BCUT2D eigenvalue weighted by Crippen LogP contribution is 2.31. The van der Waals surface area contributed by atoms with E-state index in [0.717, 1.165) is 30.7 Å². The quantitative estimate of drug-likeness (QED) is 0.454. The molecule has 13 heteroatoms. The number of anilines is 3. The fraction of sp³-hybridized carbons (Fsp3) is 0.300. The molecule has 3 heterocycles. The van der Waals surface area contributed by atoms with E-state index in [-0.39, 0.29) is 28.2 Å². The molecule has 1 aromatic carbocycles. The molecule has 0 radical (unpaired) electrons. The van der Waals surface area contributed by atoms with Crippen molar-refractivity contribution in [1.29, 1.82) is 0 Å². The molecule has 0 bridgehead atoms. The summed E-state index contributed by atoms with van der Waals surface area (Å²) in [6.07, 6.45) is -2.51. The molecule has 8 nitrogen and oxygen atoms in total. The van der Waals surface area contributed by atoms with Crippen LogP contribution in [0.3, 0.4) is 0 Å². The highest BCUT2D eigenvalue weighted by atomic mass is 32.1. The average molecular weight is 482 g/mol. The lowest BCUT2D eigenvalue weighted by molar-refractivity contribution is -0.141. The number of aryl methyl sites for hydroxylation is 1. The Hall–Kier alpha value is -3.32. The Morgan fingerprint density at radius 1 is 1.27 bits per heavy atom. The number of aromatic nitrogens is 3. The Kier molecular flexibility index (Phi) is 6.42. The van der Waals surface area contributed by atoms with E-state index in [1.807, 2.05) is 0 Å². The number of hydrogen-bond donors (Lipinski definition) is 3. The highest BCUT2D eigenvalue weighted by Gasteiger charge is 2.32. The van der Waals surface area contributed by atoms with Crippen molar-refractivity contribution in [3.8, 4) is 5.75 Å². The molecule has 2 aromatic heterocycles. The van der Waals surface area contributed by atoms with Crippen molar-refractivity contribution < 1.29 is 27.1 Å². The molecule has 3 aromatic rings. The summed E-state index contributed by atoms with van der Waals surface area (Å²) in [5.41, 5.74) is -0.244. The maximum absolute atomic E-state index is 14.1. The lowest BCUT2D eigenvalue weighted by Gasteiger charge is -2.14. The van der Waals surface area contributed by atoms with Gasteiger partial charge in [0.05, 0.1) is 23.7 Å². The topological polar surface area (TPSA) is 101 Å². The summed E-state index contributed by atoms with van der Waals surface area (Å²) in [6.45, 7) is 3.01. The molecule has 0 aliphatic carbocycles. The van der Waals surface area contributed by atoms with Gasteiger partial charge in [-0.1, -0.05) is 0 Å². The number of benzene rings is 1. The first-order valence-electron chi connectivity index (χ1n) is 9.81. The van der Waals surface area contributed by atoms with Gasteiger partial charge in [-0.2, -0.15) is 17.5 Å². The molecule has 1 unspecified atom stereocenters. The maximum Gasteiger partial charge on any atom is 0.434 e. The van der Waals surface area contributed by atoms with Crippen LogP contribution in [0.5, 0.6) is 5.75 Å². The molecule has 1 saturated heterocycles. The first-order chi connectivity index (χ1) is 15.7. The second kappa shape index (κ2) is 9.27. The third kappa shape index (κ3) is 5.37. The zero-order valence-electron chi connectivity index (χ0n) is 17.2. The van der Waals surface area contributed by atoms with Crippen LogP contribution in [0.4, 0.5) is 34.1 Å². The molecule has 1 aliphatic heterocycles. The number of nitrogens with zero attached hydrogens (tertiary/aromatic N) is 3. The molecule has 1 atom stereocenters. The van der Waals surface area contributed by atoms with Gasteiger partial charge in [-0.3, -0.25) is 4.79 Å². The summed E-state index contributed by atoms with van der Waals surface area (Å²) < 4.78 is 62.0. The molecule has 0 spiro atoms. The van der Waals surface area contributed by atoms with Crippen molar-refractivity contribution in [2.45, 2.75) is 25.6 Å². The van der Waals surface area contributed by atoms with E-state index < -0.39 is 23.6 Å². The van der Waals surface area contributed by atoms with Crippen LogP contribution in [0.2, 0.25) is 0 Å². The van der Waals surface area contributed by atoms with Crippen molar-refractivity contribution >= 4 is 33.9 Å². The Bertz CT molecular complexity index is 1150. The minimum absolute atomic E-state index is 0.0170. The van der Waals surface area contributed by atoms with Gasteiger partial charge in [0.2, 0.25) is 0 Å². The Morgan fingerprint density at radius 2 is 2.09 bits per heavy atom. The number of ether oxygens (including phenoxy) is 1. The average Bonchev–Trinajstić information content (AvgIpc) is 3.40. The van der Waals surface area contributed by atoms with Gasteiger partial charge in [-0.05, 0) is 43.6 Å². The standard InChI is InChI=1S/C20H18F4N6O2S/c1-10-17(19(33-30-10)29-16-9-26-15(8-27-16)20(22,23)24)18(31)28-11-2-3-13(21)14(6-11)32-12-4-5-25-7-12/h2-3,6,8-9,12,25H,4-5,7H2,1H3,(H,27,29)(H,28,31). The van der Waals surface area contributed by atoms with Gasteiger partial charge in [0.1, 0.15) is 16.9 Å². The number of alkyl halides is 3. The van der Waals surface area contributed by atoms with E-state index in [1.165, 1.54) is 18.2 Å². The largest absolute Gasteiger partial charge is 0.486 e. The predicted molar refractivity (Wildman–Crippen MR) is 113 cm³/mol. The third-order valence-corrected chi connectivity index (χ3v) is 5.63. The van der Waals surface area contributed by atoms with Crippen LogP contribution in [0, 0.1) is 12.7 Å². The summed E-state index contributed by atoms with van der Waals surface area (Å²) in [4.78, 5) is 19.9. The van der Waals surface area contributed by atoms with Gasteiger partial charge in [0.15, 0.2) is 17.3 Å². The molecular formula is C20H18F4N6O2S. The van der Waals surface area contributed by atoms with Crippen molar-refractivity contribution in [3.63, 3.8) is 0 Å². The molecule has 1 aliphatic rings. The highest BCUT2D eigenvalue weighted by molar-refractivity contribution is 7.10. The van der Waals surface area contributed by atoms with E-state index in [0.29, 0.717) is 24.1 Å². The summed E-state index contributed by atoms with van der Waals surface area (Å²) in [7, 11) is 0. The molecule has 33 heavy (non-hydrogen) atoms. The third-order valence-electron chi connectivity index (χ3n) is 4.77. The first kappa shape index (κ1) is 22.9. The van der Waals surface area contributed by atoms with Crippen LogP contribution in [0.1, 0.15) is 28.2 Å². The Labute approximate surface area is 189 Å². The molecule has 1 fully saturated rings. The maximum atomic E-state index is 14.1. The normalized spacial score (nSPS) is 16.0. The second-order valence-electron chi connectivity index (χ2n) is 7.21. The lowest BCUT2D eigenvalue weighted by atomic mass is 10.2. The molecular weight excluding hydrogens is 464 g/mol. The van der Waals surface area contributed by atoms with E-state index in [1.54, 1.807) is 6.92 Å². The predicted octanol–water partition coefficient (Wildman–Crippen LogP) is 4.14. The number of rotatable bonds is 6. The zero-order chi connectivity index (χ0) is 23.6. The molecule has 1 amide bonds. The first-order valence-corrected chi connectivity index (χ1v) is 10.6.